The fourth-order valence-electron chi connectivity index (χ4n) is 3.63. The van der Waals surface area contributed by atoms with E-state index in [4.69, 9.17) is 0 Å². The average Bonchev–Trinajstić information content (AvgIpc) is 2.80. The number of carbonyl (C=O) groups excluding carboxylic acids is 1. The number of nitrogens with one attached hydrogen (secondary N) is 2. The lowest BCUT2D eigenvalue weighted by Gasteiger charge is -2.19. The van der Waals surface area contributed by atoms with Gasteiger partial charge in [-0.05, 0) is 87.6 Å². The van der Waals surface area contributed by atoms with Crippen LogP contribution in [-0.4, -0.2) is 25.6 Å². The first-order valence-corrected chi connectivity index (χ1v) is 11.3. The fraction of sp³-hybridized carbons (Fsp3) is 0.667. The van der Waals surface area contributed by atoms with Crippen molar-refractivity contribution in [1.29, 1.82) is 0 Å². The number of aryl methyl sites for hydroxylation is 1. The van der Waals surface area contributed by atoms with Gasteiger partial charge in [-0.2, -0.15) is 0 Å². The Morgan fingerprint density at radius 1 is 1.19 bits per heavy atom. The average molecular weight is 395 g/mol. The third-order valence-electron chi connectivity index (χ3n) is 5.54. The zero-order valence-corrected chi connectivity index (χ0v) is 18.3. The number of benzene rings is 1. The first kappa shape index (κ1) is 21.9. The van der Waals surface area contributed by atoms with E-state index in [0.29, 0.717) is 37.6 Å². The van der Waals surface area contributed by atoms with Crippen LogP contribution in [0.15, 0.2) is 12.1 Å². The Morgan fingerprint density at radius 2 is 1.85 bits per heavy atom. The summed E-state index contributed by atoms with van der Waals surface area (Å²) in [6, 6.07) is 4.17. The van der Waals surface area contributed by atoms with Gasteiger partial charge in [-0.25, -0.2) is 13.1 Å². The molecule has 0 bridgehead atoms. The highest BCUT2D eigenvalue weighted by atomic mass is 32.2. The second kappa shape index (κ2) is 8.31. The van der Waals surface area contributed by atoms with Crippen molar-refractivity contribution in [3.63, 3.8) is 0 Å². The molecule has 0 spiro atoms. The SMILES string of the molecule is Cc1cc(NC(=O)CCCCNS(=O)(=O)C(C)(C)C)cc2c1C(C)C(C)C2. The quantitative estimate of drug-likeness (QED) is 0.683. The van der Waals surface area contributed by atoms with E-state index >= 15 is 0 Å². The van der Waals surface area contributed by atoms with Crippen molar-refractivity contribution in [3.05, 3.63) is 28.8 Å². The lowest BCUT2D eigenvalue weighted by atomic mass is 9.93. The Balaban J connectivity index is 1.81. The van der Waals surface area contributed by atoms with E-state index in [9.17, 15) is 13.2 Å². The third kappa shape index (κ3) is 5.32. The molecule has 1 amide bonds. The molecule has 0 aromatic heterocycles. The predicted molar refractivity (Wildman–Crippen MR) is 112 cm³/mol. The molecular formula is C21H34N2O3S. The van der Waals surface area contributed by atoms with Crippen LogP contribution in [0.4, 0.5) is 5.69 Å². The minimum Gasteiger partial charge on any atom is -0.326 e. The Hall–Kier alpha value is -1.40. The molecule has 1 aromatic carbocycles. The van der Waals surface area contributed by atoms with Crippen molar-refractivity contribution < 1.29 is 13.2 Å². The van der Waals surface area contributed by atoms with Gasteiger partial charge in [-0.1, -0.05) is 13.8 Å². The summed E-state index contributed by atoms with van der Waals surface area (Å²) in [6.45, 7) is 12.0. The summed E-state index contributed by atoms with van der Waals surface area (Å²) in [7, 11) is -3.32. The maximum absolute atomic E-state index is 12.2. The number of hydrogen-bond acceptors (Lipinski definition) is 3. The van der Waals surface area contributed by atoms with Crippen molar-refractivity contribution in [3.8, 4) is 0 Å². The Morgan fingerprint density at radius 3 is 2.48 bits per heavy atom. The van der Waals surface area contributed by atoms with Gasteiger partial charge in [0.15, 0.2) is 0 Å². The molecule has 1 aliphatic rings. The van der Waals surface area contributed by atoms with Gasteiger partial charge in [0.05, 0.1) is 4.75 Å². The number of hydrogen-bond donors (Lipinski definition) is 2. The van der Waals surface area contributed by atoms with Crippen LogP contribution in [0.25, 0.3) is 0 Å². The van der Waals surface area contributed by atoms with Gasteiger partial charge in [0.25, 0.3) is 0 Å². The normalized spacial score (nSPS) is 19.8. The molecule has 0 fully saturated rings. The zero-order valence-electron chi connectivity index (χ0n) is 17.5. The van der Waals surface area contributed by atoms with E-state index < -0.39 is 14.8 Å². The monoisotopic (exact) mass is 394 g/mol. The van der Waals surface area contributed by atoms with Crippen molar-refractivity contribution in [2.75, 3.05) is 11.9 Å². The first-order valence-electron chi connectivity index (χ1n) is 9.85. The van der Waals surface area contributed by atoms with Crippen LogP contribution in [0.5, 0.6) is 0 Å². The van der Waals surface area contributed by atoms with E-state index in [0.717, 1.165) is 12.1 Å². The van der Waals surface area contributed by atoms with Crippen LogP contribution < -0.4 is 10.0 Å². The van der Waals surface area contributed by atoms with Crippen molar-refractivity contribution in [2.24, 2.45) is 5.92 Å². The summed E-state index contributed by atoms with van der Waals surface area (Å²) < 4.78 is 25.7. The van der Waals surface area contributed by atoms with Crippen LogP contribution in [0.3, 0.4) is 0 Å². The van der Waals surface area contributed by atoms with Crippen LogP contribution in [0.1, 0.15) is 76.5 Å². The molecule has 1 aromatic rings. The Labute approximate surface area is 164 Å². The van der Waals surface area contributed by atoms with Gasteiger partial charge in [0.2, 0.25) is 15.9 Å². The molecule has 2 rings (SSSR count). The number of rotatable bonds is 7. The molecule has 6 heteroatoms. The summed E-state index contributed by atoms with van der Waals surface area (Å²) in [4.78, 5) is 12.2. The molecule has 2 N–H and O–H groups in total. The lowest BCUT2D eigenvalue weighted by molar-refractivity contribution is -0.116. The van der Waals surface area contributed by atoms with Gasteiger partial charge in [0.1, 0.15) is 0 Å². The molecular weight excluding hydrogens is 360 g/mol. The summed E-state index contributed by atoms with van der Waals surface area (Å²) in [5, 5.41) is 3.00. The number of sulfonamides is 1. The Bertz CT molecular complexity index is 794. The Kier molecular flexibility index (Phi) is 6.74. The summed E-state index contributed by atoms with van der Waals surface area (Å²) in [5.74, 6) is 1.19. The summed E-state index contributed by atoms with van der Waals surface area (Å²) >= 11 is 0. The van der Waals surface area contributed by atoms with Crippen molar-refractivity contribution in [1.82, 2.24) is 4.72 Å². The highest BCUT2D eigenvalue weighted by molar-refractivity contribution is 7.90. The molecule has 1 aliphatic carbocycles. The maximum atomic E-state index is 12.2. The zero-order chi connectivity index (χ0) is 20.4. The van der Waals surface area contributed by atoms with Gasteiger partial charge in [0, 0.05) is 18.7 Å². The molecule has 0 saturated heterocycles. The van der Waals surface area contributed by atoms with Crippen LogP contribution >= 0.6 is 0 Å². The van der Waals surface area contributed by atoms with Gasteiger partial charge in [-0.3, -0.25) is 4.79 Å². The third-order valence-corrected chi connectivity index (χ3v) is 7.73. The number of anilines is 1. The van der Waals surface area contributed by atoms with E-state index in [1.807, 2.05) is 0 Å². The number of fused-ring (bicyclic) bond motifs is 1. The van der Waals surface area contributed by atoms with E-state index in [1.165, 1.54) is 16.7 Å². The number of carbonyl (C=O) groups is 1. The molecule has 5 nitrogen and oxygen atoms in total. The maximum Gasteiger partial charge on any atom is 0.224 e. The minimum absolute atomic E-state index is 0.0212. The van der Waals surface area contributed by atoms with Gasteiger partial charge < -0.3 is 5.32 Å². The molecule has 2 unspecified atom stereocenters. The topological polar surface area (TPSA) is 75.3 Å². The molecule has 0 heterocycles. The largest absolute Gasteiger partial charge is 0.326 e. The van der Waals surface area contributed by atoms with Gasteiger partial charge >= 0.3 is 0 Å². The van der Waals surface area contributed by atoms with Crippen LogP contribution in [0.2, 0.25) is 0 Å². The van der Waals surface area contributed by atoms with E-state index in [1.54, 1.807) is 20.8 Å². The molecule has 2 atom stereocenters. The second-order valence-corrected chi connectivity index (χ2v) is 11.4. The van der Waals surface area contributed by atoms with Crippen LogP contribution in [-0.2, 0) is 21.2 Å². The number of amides is 1. The van der Waals surface area contributed by atoms with Crippen LogP contribution in [0, 0.1) is 12.8 Å². The highest BCUT2D eigenvalue weighted by Gasteiger charge is 2.28. The number of unbranched alkanes of at least 4 members (excludes halogenated alkanes) is 1. The fourth-order valence-corrected chi connectivity index (χ4v) is 4.48. The lowest BCUT2D eigenvalue weighted by Crippen LogP contribution is -2.39. The van der Waals surface area contributed by atoms with E-state index in [2.05, 4.69) is 42.9 Å². The van der Waals surface area contributed by atoms with Gasteiger partial charge in [-0.15, -0.1) is 0 Å². The summed E-state index contributed by atoms with van der Waals surface area (Å²) in [5.41, 5.74) is 4.90. The second-order valence-electron chi connectivity index (χ2n) is 8.85. The summed E-state index contributed by atoms with van der Waals surface area (Å²) in [6.07, 6.45) is 2.74. The molecule has 27 heavy (non-hydrogen) atoms. The molecule has 0 radical (unpaired) electrons. The smallest absolute Gasteiger partial charge is 0.224 e. The minimum atomic E-state index is -3.32. The van der Waals surface area contributed by atoms with E-state index in [-0.39, 0.29) is 5.91 Å². The van der Waals surface area contributed by atoms with Crippen molar-refractivity contribution in [2.45, 2.75) is 77.9 Å². The standard InChI is InChI=1S/C21H34N2O3S/c1-14-11-17-13-18(12-15(2)20(17)16(14)3)23-19(24)9-7-8-10-22-27(25,26)21(4,5)6/h12-14,16,22H,7-11H2,1-6H3,(H,23,24). The first-order chi connectivity index (χ1) is 12.4. The molecule has 0 saturated carbocycles. The molecule has 0 aliphatic heterocycles. The van der Waals surface area contributed by atoms with Crippen molar-refractivity contribution >= 4 is 21.6 Å². The molecule has 152 valence electrons. The highest BCUT2D eigenvalue weighted by Crippen LogP contribution is 2.40. The predicted octanol–water partition coefficient (Wildman–Crippen LogP) is 4.12.